The first-order chi connectivity index (χ1) is 5.62. The maximum absolute atomic E-state index is 11.0. The van der Waals surface area contributed by atoms with Crippen LogP contribution in [0.2, 0.25) is 0 Å². The van der Waals surface area contributed by atoms with Crippen LogP contribution in [0.4, 0.5) is 0 Å². The molecule has 0 fully saturated rings. The highest BCUT2D eigenvalue weighted by atomic mass is 32.2. The largest absolute Gasteiger partial charge is 0.228 e. The fourth-order valence-electron chi connectivity index (χ4n) is 0.765. The highest BCUT2D eigenvalue weighted by molar-refractivity contribution is 7.89. The van der Waals surface area contributed by atoms with Gasteiger partial charge in [0.1, 0.15) is 0 Å². The van der Waals surface area contributed by atoms with E-state index >= 15 is 0 Å². The lowest BCUT2D eigenvalue weighted by molar-refractivity contribution is 0.579. The highest BCUT2D eigenvalue weighted by Crippen LogP contribution is 1.98. The highest BCUT2D eigenvalue weighted by Gasteiger charge is 2.08. The van der Waals surface area contributed by atoms with Gasteiger partial charge in [-0.3, -0.25) is 0 Å². The lowest BCUT2D eigenvalue weighted by Crippen LogP contribution is -2.19. The topological polar surface area (TPSA) is 48.2 Å². The SMILES string of the molecule is C=CC[N]S(=O)(=O)CCCCC. The van der Waals surface area contributed by atoms with Crippen LogP contribution in [0.1, 0.15) is 26.2 Å². The standard InChI is InChI=1S/C8H16NO2S/c1-3-5-6-8-12(10,11)9-7-4-2/h4H,2-3,5-8H2,1H3. The van der Waals surface area contributed by atoms with E-state index in [9.17, 15) is 8.42 Å². The molecule has 0 aliphatic carbocycles. The molecule has 0 aromatic heterocycles. The zero-order chi connectivity index (χ0) is 9.45. The Hall–Kier alpha value is -0.350. The van der Waals surface area contributed by atoms with Gasteiger partial charge in [0.2, 0.25) is 10.0 Å². The van der Waals surface area contributed by atoms with Crippen molar-refractivity contribution in [3.63, 3.8) is 0 Å². The minimum absolute atomic E-state index is 0.175. The van der Waals surface area contributed by atoms with Crippen molar-refractivity contribution in [2.45, 2.75) is 26.2 Å². The van der Waals surface area contributed by atoms with Crippen LogP contribution < -0.4 is 4.72 Å². The quantitative estimate of drug-likeness (QED) is 0.448. The van der Waals surface area contributed by atoms with Crippen LogP contribution in [0.3, 0.4) is 0 Å². The molecule has 0 N–H and O–H groups in total. The van der Waals surface area contributed by atoms with E-state index in [-0.39, 0.29) is 12.3 Å². The number of hydrogen-bond donors (Lipinski definition) is 0. The molecule has 0 amide bonds. The monoisotopic (exact) mass is 190 g/mol. The van der Waals surface area contributed by atoms with Crippen molar-refractivity contribution in [3.8, 4) is 0 Å². The van der Waals surface area contributed by atoms with Gasteiger partial charge in [-0.15, -0.1) is 11.3 Å². The molecule has 3 nitrogen and oxygen atoms in total. The van der Waals surface area contributed by atoms with Gasteiger partial charge in [0, 0.05) is 6.54 Å². The molecule has 0 aromatic carbocycles. The predicted octanol–water partition coefficient (Wildman–Crippen LogP) is 1.30. The third-order valence-electron chi connectivity index (χ3n) is 1.41. The summed E-state index contributed by atoms with van der Waals surface area (Å²) in [5, 5.41) is 0. The molecule has 0 saturated heterocycles. The minimum Gasteiger partial charge on any atom is -0.211 e. The van der Waals surface area contributed by atoms with Crippen molar-refractivity contribution in [1.82, 2.24) is 4.72 Å². The summed E-state index contributed by atoms with van der Waals surface area (Å²) >= 11 is 0. The molecule has 1 radical (unpaired) electrons. The Balaban J connectivity index is 3.64. The van der Waals surface area contributed by atoms with E-state index in [4.69, 9.17) is 0 Å². The number of nitrogens with zero attached hydrogens (tertiary/aromatic N) is 1. The Labute approximate surface area is 74.9 Å². The molecule has 0 heterocycles. The summed E-state index contributed by atoms with van der Waals surface area (Å²) in [7, 11) is -3.16. The molecule has 0 spiro atoms. The Morgan fingerprint density at radius 2 is 2.08 bits per heavy atom. The van der Waals surface area contributed by atoms with Crippen LogP contribution in [0.25, 0.3) is 0 Å². The van der Waals surface area contributed by atoms with Crippen molar-refractivity contribution < 1.29 is 8.42 Å². The molecule has 0 saturated carbocycles. The zero-order valence-corrected chi connectivity index (χ0v) is 8.31. The van der Waals surface area contributed by atoms with Crippen LogP contribution in [-0.4, -0.2) is 20.7 Å². The Morgan fingerprint density at radius 1 is 1.42 bits per heavy atom. The molecular weight excluding hydrogens is 174 g/mol. The van der Waals surface area contributed by atoms with Gasteiger partial charge in [-0.05, 0) is 6.42 Å². The summed E-state index contributed by atoms with van der Waals surface area (Å²) < 4.78 is 25.6. The predicted molar refractivity (Wildman–Crippen MR) is 50.5 cm³/mol. The van der Waals surface area contributed by atoms with Crippen molar-refractivity contribution in [2.24, 2.45) is 0 Å². The maximum Gasteiger partial charge on any atom is 0.228 e. The average molecular weight is 190 g/mol. The van der Waals surface area contributed by atoms with Gasteiger partial charge in [-0.1, -0.05) is 25.8 Å². The molecule has 12 heavy (non-hydrogen) atoms. The van der Waals surface area contributed by atoms with E-state index in [1.54, 1.807) is 0 Å². The van der Waals surface area contributed by atoms with Gasteiger partial charge in [-0.25, -0.2) is 8.42 Å². The van der Waals surface area contributed by atoms with Gasteiger partial charge in [0.05, 0.1) is 5.75 Å². The van der Waals surface area contributed by atoms with Gasteiger partial charge in [0.15, 0.2) is 0 Å². The second kappa shape index (κ2) is 6.20. The zero-order valence-electron chi connectivity index (χ0n) is 7.49. The lowest BCUT2D eigenvalue weighted by Gasteiger charge is -2.00. The van der Waals surface area contributed by atoms with Crippen molar-refractivity contribution in [1.29, 1.82) is 0 Å². The van der Waals surface area contributed by atoms with E-state index in [0.29, 0.717) is 6.42 Å². The number of sulfonamides is 1. The van der Waals surface area contributed by atoms with Crippen LogP contribution >= 0.6 is 0 Å². The molecule has 4 heteroatoms. The van der Waals surface area contributed by atoms with Crippen molar-refractivity contribution in [2.75, 3.05) is 12.3 Å². The van der Waals surface area contributed by atoms with E-state index in [1.807, 2.05) is 6.92 Å². The van der Waals surface area contributed by atoms with Gasteiger partial charge >= 0.3 is 0 Å². The van der Waals surface area contributed by atoms with Crippen LogP contribution in [0.5, 0.6) is 0 Å². The fraction of sp³-hybridized carbons (Fsp3) is 0.750. The smallest absolute Gasteiger partial charge is 0.211 e. The molecule has 0 aromatic rings. The fourth-order valence-corrected chi connectivity index (χ4v) is 1.80. The van der Waals surface area contributed by atoms with Crippen molar-refractivity contribution >= 4 is 10.0 Å². The molecule has 0 aliphatic heterocycles. The molecule has 0 bridgehead atoms. The van der Waals surface area contributed by atoms with Crippen LogP contribution in [0, 0.1) is 0 Å². The Kier molecular flexibility index (Phi) is 6.02. The summed E-state index contributed by atoms with van der Waals surface area (Å²) in [5.41, 5.74) is 0. The van der Waals surface area contributed by atoms with E-state index in [1.165, 1.54) is 6.08 Å². The van der Waals surface area contributed by atoms with E-state index in [0.717, 1.165) is 12.8 Å². The Bertz CT molecular complexity index is 209. The molecule has 0 rings (SSSR count). The minimum atomic E-state index is -3.16. The van der Waals surface area contributed by atoms with Gasteiger partial charge in [0.25, 0.3) is 0 Å². The van der Waals surface area contributed by atoms with E-state index in [2.05, 4.69) is 11.3 Å². The third kappa shape index (κ3) is 6.37. The molecule has 71 valence electrons. The summed E-state index contributed by atoms with van der Waals surface area (Å²) in [6, 6.07) is 0. The maximum atomic E-state index is 11.0. The Morgan fingerprint density at radius 3 is 2.58 bits per heavy atom. The van der Waals surface area contributed by atoms with Gasteiger partial charge in [-0.2, -0.15) is 0 Å². The summed E-state index contributed by atoms with van der Waals surface area (Å²) in [5.74, 6) is 0.175. The van der Waals surface area contributed by atoms with Crippen LogP contribution in [0.15, 0.2) is 12.7 Å². The summed E-state index contributed by atoms with van der Waals surface area (Å²) in [4.78, 5) is 0. The molecule has 0 unspecified atom stereocenters. The number of rotatable bonds is 7. The first-order valence-corrected chi connectivity index (χ1v) is 5.75. The second-order valence-electron chi connectivity index (χ2n) is 2.59. The number of unbranched alkanes of at least 4 members (excludes halogenated alkanes) is 2. The van der Waals surface area contributed by atoms with Crippen LogP contribution in [-0.2, 0) is 10.0 Å². The van der Waals surface area contributed by atoms with Gasteiger partial charge < -0.3 is 0 Å². The molecular formula is C8H16NO2S. The average Bonchev–Trinajstić information content (AvgIpc) is 2.01. The first kappa shape index (κ1) is 11.6. The number of hydrogen-bond acceptors (Lipinski definition) is 2. The van der Waals surface area contributed by atoms with E-state index < -0.39 is 10.0 Å². The summed E-state index contributed by atoms with van der Waals surface area (Å²) in [6.45, 7) is 5.64. The third-order valence-corrected chi connectivity index (χ3v) is 2.75. The second-order valence-corrected chi connectivity index (χ2v) is 4.42. The normalized spacial score (nSPS) is 11.4. The molecule has 0 atom stereocenters. The van der Waals surface area contributed by atoms with Crippen molar-refractivity contribution in [3.05, 3.63) is 12.7 Å². The first-order valence-electron chi connectivity index (χ1n) is 4.14. The lowest BCUT2D eigenvalue weighted by atomic mass is 10.3. The summed E-state index contributed by atoms with van der Waals surface area (Å²) in [6.07, 6.45) is 4.16. The molecule has 0 aliphatic rings.